The Morgan fingerprint density at radius 1 is 1.05 bits per heavy atom. The summed E-state index contributed by atoms with van der Waals surface area (Å²) in [5, 5.41) is 19.5. The van der Waals surface area contributed by atoms with Crippen molar-refractivity contribution in [1.29, 1.82) is 0 Å². The highest BCUT2D eigenvalue weighted by Gasteiger charge is 2.28. The minimum atomic E-state index is -0.783. The number of aliphatic hydroxyl groups is 1. The first kappa shape index (κ1) is 31.1. The number of carboxylic acids is 1. The normalized spacial score (nSPS) is 12.6. The Morgan fingerprint density at radius 2 is 1.63 bits per heavy atom. The highest BCUT2D eigenvalue weighted by atomic mass is 16.4. The minimum Gasteiger partial charge on any atom is -0.481 e. The number of hydrogen-bond donors (Lipinski definition) is 2. The second-order valence-electron chi connectivity index (χ2n) is 11.3. The third-order valence-corrected chi connectivity index (χ3v) is 6.52. The Bertz CT molecular complexity index is 1230. The van der Waals surface area contributed by atoms with E-state index in [2.05, 4.69) is 92.7 Å². The molecule has 0 saturated heterocycles. The van der Waals surface area contributed by atoms with Crippen LogP contribution in [0.2, 0.25) is 0 Å². The first-order chi connectivity index (χ1) is 17.8. The van der Waals surface area contributed by atoms with Crippen molar-refractivity contribution in [3.63, 3.8) is 0 Å². The van der Waals surface area contributed by atoms with Crippen molar-refractivity contribution in [3.8, 4) is 11.1 Å². The summed E-state index contributed by atoms with van der Waals surface area (Å²) in [4.78, 5) is 16.6. The fraction of sp³-hybridized carbons (Fsp3) is 0.469. The first-order valence-corrected chi connectivity index (χ1v) is 13.3. The third kappa shape index (κ3) is 7.71. The topological polar surface area (TPSA) is 68.9 Å². The number of aryl methyl sites for hydroxylation is 2. The van der Waals surface area contributed by atoms with Crippen LogP contribution in [0.25, 0.3) is 22.0 Å². The number of aromatic nitrogens is 1. The molecule has 208 valence electrons. The molecule has 0 saturated carbocycles. The molecule has 1 aliphatic heterocycles. The third-order valence-electron chi connectivity index (χ3n) is 6.52. The Balaban J connectivity index is 0.000000651. The number of rotatable bonds is 7. The summed E-state index contributed by atoms with van der Waals surface area (Å²) < 4.78 is 2.42. The van der Waals surface area contributed by atoms with Crippen molar-refractivity contribution in [2.45, 2.75) is 66.5 Å². The molecule has 1 aromatic heterocycles. The van der Waals surface area contributed by atoms with Crippen molar-refractivity contribution >= 4 is 22.6 Å². The van der Waals surface area contributed by atoms with Gasteiger partial charge in [0.1, 0.15) is 0 Å². The van der Waals surface area contributed by atoms with Crippen LogP contribution in [0, 0.1) is 20.8 Å². The van der Waals surface area contributed by atoms with Gasteiger partial charge in [0.2, 0.25) is 0 Å². The Labute approximate surface area is 229 Å². The van der Waals surface area contributed by atoms with E-state index in [0.717, 1.165) is 54.9 Å². The van der Waals surface area contributed by atoms with Crippen LogP contribution < -0.4 is 4.90 Å². The van der Waals surface area contributed by atoms with E-state index in [1.165, 1.54) is 27.8 Å². The lowest BCUT2D eigenvalue weighted by atomic mass is 9.88. The molecule has 0 radical (unpaired) electrons. The number of anilines is 1. The second kappa shape index (κ2) is 13.1. The Hall–Kier alpha value is -3.09. The summed E-state index contributed by atoms with van der Waals surface area (Å²) in [6.07, 6.45) is 1.12. The van der Waals surface area contributed by atoms with Gasteiger partial charge in [-0.05, 0) is 96.9 Å². The molecule has 0 atom stereocenters. The van der Waals surface area contributed by atoms with Gasteiger partial charge in [-0.1, -0.05) is 29.8 Å². The van der Waals surface area contributed by atoms with Crippen molar-refractivity contribution < 1.29 is 15.0 Å². The SMILES string of the molecule is C=C.CC(C)(C)O.Cc1ccc(-c2c(CC(=O)O)c(C)c3c4c2cc(C)n4CCN3CCCN(C)C)cc1. The highest BCUT2D eigenvalue weighted by Crippen LogP contribution is 2.44. The number of benzene rings is 2. The lowest BCUT2D eigenvalue weighted by Gasteiger charge is -2.34. The molecule has 0 spiro atoms. The van der Waals surface area contributed by atoms with E-state index in [9.17, 15) is 9.90 Å². The summed E-state index contributed by atoms with van der Waals surface area (Å²) >= 11 is 0. The quantitative estimate of drug-likeness (QED) is 0.362. The van der Waals surface area contributed by atoms with Crippen LogP contribution in [0.4, 0.5) is 5.69 Å². The maximum absolute atomic E-state index is 11.9. The molecule has 0 aliphatic carbocycles. The molecule has 0 bridgehead atoms. The van der Waals surface area contributed by atoms with Gasteiger partial charge in [0.25, 0.3) is 0 Å². The molecule has 0 fully saturated rings. The van der Waals surface area contributed by atoms with Crippen molar-refractivity contribution in [2.75, 3.05) is 38.6 Å². The lowest BCUT2D eigenvalue weighted by molar-refractivity contribution is -0.136. The molecule has 2 aromatic carbocycles. The minimum absolute atomic E-state index is 0.0355. The van der Waals surface area contributed by atoms with Crippen molar-refractivity contribution in [1.82, 2.24) is 9.47 Å². The van der Waals surface area contributed by atoms with Gasteiger partial charge in [-0.25, -0.2) is 0 Å². The number of carbonyl (C=O) groups is 1. The van der Waals surface area contributed by atoms with Crippen LogP contribution >= 0.6 is 0 Å². The monoisotopic (exact) mass is 521 g/mol. The molecule has 0 unspecified atom stereocenters. The van der Waals surface area contributed by atoms with E-state index < -0.39 is 11.6 Å². The van der Waals surface area contributed by atoms with Gasteiger partial charge >= 0.3 is 5.97 Å². The van der Waals surface area contributed by atoms with E-state index in [0.29, 0.717) is 0 Å². The zero-order chi connectivity index (χ0) is 28.8. The zero-order valence-corrected chi connectivity index (χ0v) is 24.7. The molecule has 0 amide bonds. The highest BCUT2D eigenvalue weighted by molar-refractivity contribution is 6.07. The van der Waals surface area contributed by atoms with Gasteiger partial charge in [0.05, 0.1) is 23.2 Å². The average molecular weight is 522 g/mol. The van der Waals surface area contributed by atoms with E-state index in [4.69, 9.17) is 5.11 Å². The summed E-state index contributed by atoms with van der Waals surface area (Å²) in [6.45, 7) is 21.5. The van der Waals surface area contributed by atoms with Gasteiger partial charge in [0, 0.05) is 30.7 Å². The van der Waals surface area contributed by atoms with E-state index in [-0.39, 0.29) is 6.42 Å². The molecular weight excluding hydrogens is 474 g/mol. The van der Waals surface area contributed by atoms with Gasteiger partial charge in [-0.3, -0.25) is 4.79 Å². The molecule has 2 N–H and O–H groups in total. The van der Waals surface area contributed by atoms with Crippen LogP contribution in [0.1, 0.15) is 49.6 Å². The summed E-state index contributed by atoms with van der Waals surface area (Å²) in [5.74, 6) is -0.783. The number of nitrogens with zero attached hydrogens (tertiary/aromatic N) is 3. The lowest BCUT2D eigenvalue weighted by Crippen LogP contribution is -2.35. The van der Waals surface area contributed by atoms with Crippen LogP contribution in [-0.2, 0) is 17.8 Å². The van der Waals surface area contributed by atoms with Gasteiger partial charge < -0.3 is 24.6 Å². The standard InChI is InChI=1S/C26H33N3O2.C4H10O.C2H4/c1-17-7-9-20(10-8-17)24-21(16-23(30)31)19(3)25-26-22(24)15-18(2)29(26)14-13-28(25)12-6-11-27(4)5;1-4(2,3)5;1-2/h7-10,15H,6,11-14,16H2,1-5H3,(H,30,31);5H,1-3H3;1-2H2. The van der Waals surface area contributed by atoms with Gasteiger partial charge in [-0.15, -0.1) is 13.2 Å². The van der Waals surface area contributed by atoms with Gasteiger partial charge in [0.15, 0.2) is 0 Å². The molecule has 6 nitrogen and oxygen atoms in total. The summed E-state index contributed by atoms with van der Waals surface area (Å²) in [5.41, 5.74) is 8.65. The molecule has 3 aromatic rings. The van der Waals surface area contributed by atoms with Crippen molar-refractivity contribution in [3.05, 3.63) is 65.9 Å². The van der Waals surface area contributed by atoms with E-state index in [1.54, 1.807) is 20.8 Å². The fourth-order valence-electron chi connectivity index (χ4n) is 5.02. The molecule has 38 heavy (non-hydrogen) atoms. The van der Waals surface area contributed by atoms with Crippen LogP contribution in [0.3, 0.4) is 0 Å². The summed E-state index contributed by atoms with van der Waals surface area (Å²) in [7, 11) is 4.21. The van der Waals surface area contributed by atoms with Crippen molar-refractivity contribution in [2.24, 2.45) is 0 Å². The van der Waals surface area contributed by atoms with Gasteiger partial charge in [-0.2, -0.15) is 0 Å². The first-order valence-electron chi connectivity index (χ1n) is 13.3. The maximum Gasteiger partial charge on any atom is 0.307 e. The number of aliphatic carboxylic acids is 1. The van der Waals surface area contributed by atoms with E-state index >= 15 is 0 Å². The molecule has 6 heteroatoms. The molecule has 2 heterocycles. The Kier molecular flexibility index (Phi) is 10.7. The molecule has 4 rings (SSSR count). The average Bonchev–Trinajstić information content (AvgIpc) is 3.15. The smallest absolute Gasteiger partial charge is 0.307 e. The Morgan fingerprint density at radius 3 is 2.16 bits per heavy atom. The fourth-order valence-corrected chi connectivity index (χ4v) is 5.02. The molecule has 1 aliphatic rings. The van der Waals surface area contributed by atoms with E-state index in [1.807, 2.05) is 0 Å². The zero-order valence-electron chi connectivity index (χ0n) is 24.7. The predicted molar refractivity (Wildman–Crippen MR) is 162 cm³/mol. The number of hydrogen-bond acceptors (Lipinski definition) is 4. The largest absolute Gasteiger partial charge is 0.481 e. The van der Waals surface area contributed by atoms with Crippen LogP contribution in [-0.4, -0.2) is 65.0 Å². The predicted octanol–water partition coefficient (Wildman–Crippen LogP) is 6.21. The second-order valence-corrected chi connectivity index (χ2v) is 11.3. The summed E-state index contributed by atoms with van der Waals surface area (Å²) in [6, 6.07) is 10.7. The van der Waals surface area contributed by atoms with Crippen LogP contribution in [0.5, 0.6) is 0 Å². The maximum atomic E-state index is 11.9. The number of carboxylic acid groups (broad SMARTS) is 1. The van der Waals surface area contributed by atoms with Crippen LogP contribution in [0.15, 0.2) is 43.5 Å². The molecular formula is C32H47N3O3.